The third kappa shape index (κ3) is 4.28. The second-order valence-electron chi connectivity index (χ2n) is 6.58. The van der Waals surface area contributed by atoms with Gasteiger partial charge in [-0.25, -0.2) is 4.98 Å². The van der Waals surface area contributed by atoms with Crippen molar-refractivity contribution in [3.8, 4) is 16.8 Å². The van der Waals surface area contributed by atoms with Crippen molar-refractivity contribution in [2.75, 3.05) is 0 Å². The van der Waals surface area contributed by atoms with Crippen LogP contribution in [0, 0.1) is 0 Å². The molecule has 0 saturated carbocycles. The van der Waals surface area contributed by atoms with Gasteiger partial charge in [-0.15, -0.1) is 0 Å². The fourth-order valence-electron chi connectivity index (χ4n) is 3.21. The lowest BCUT2D eigenvalue weighted by molar-refractivity contribution is 1.07. The van der Waals surface area contributed by atoms with Crippen molar-refractivity contribution in [2.24, 2.45) is 0 Å². The Balaban J connectivity index is 2.03. The summed E-state index contributed by atoms with van der Waals surface area (Å²) >= 11 is 0. The van der Waals surface area contributed by atoms with Crippen LogP contribution < -0.4 is 5.56 Å². The van der Waals surface area contributed by atoms with Gasteiger partial charge in [-0.2, -0.15) is 0 Å². The van der Waals surface area contributed by atoms with Crippen LogP contribution in [0.15, 0.2) is 127 Å². The molecule has 4 heteroatoms. The van der Waals surface area contributed by atoms with Crippen LogP contribution in [-0.2, 0) is 0 Å². The summed E-state index contributed by atoms with van der Waals surface area (Å²) in [4.78, 5) is 20.0. The molecule has 2 aromatic carbocycles. The van der Waals surface area contributed by atoms with E-state index in [-0.39, 0.29) is 5.56 Å². The molecular formula is C26H21N3O. The highest BCUT2D eigenvalue weighted by atomic mass is 16.1. The third-order valence-corrected chi connectivity index (χ3v) is 4.60. The van der Waals surface area contributed by atoms with E-state index in [1.165, 1.54) is 6.33 Å². The van der Waals surface area contributed by atoms with Crippen molar-refractivity contribution in [3.05, 3.63) is 132 Å². The molecule has 4 aromatic rings. The number of aromatic amines is 1. The van der Waals surface area contributed by atoms with Crippen molar-refractivity contribution < 1.29 is 0 Å². The van der Waals surface area contributed by atoms with Crippen molar-refractivity contribution in [1.82, 2.24) is 14.5 Å². The van der Waals surface area contributed by atoms with Crippen molar-refractivity contribution in [2.45, 2.75) is 0 Å². The van der Waals surface area contributed by atoms with E-state index >= 15 is 0 Å². The van der Waals surface area contributed by atoms with Crippen molar-refractivity contribution in [1.29, 1.82) is 0 Å². The predicted molar refractivity (Wildman–Crippen MR) is 122 cm³/mol. The SMILES string of the molecule is O=c1[nH]cnc2c1c(-c1ccccccccc1)cn2-c1ccccccccc1. The molecule has 0 aliphatic carbocycles. The quantitative estimate of drug-likeness (QED) is 0.481. The Labute approximate surface area is 174 Å². The minimum atomic E-state index is -0.164. The molecule has 30 heavy (non-hydrogen) atoms. The van der Waals surface area contributed by atoms with Gasteiger partial charge in [-0.3, -0.25) is 4.79 Å². The van der Waals surface area contributed by atoms with Crippen LogP contribution in [0.1, 0.15) is 0 Å². The molecule has 1 N–H and O–H groups in total. The van der Waals surface area contributed by atoms with Gasteiger partial charge >= 0.3 is 0 Å². The van der Waals surface area contributed by atoms with Gasteiger partial charge in [0.1, 0.15) is 0 Å². The zero-order chi connectivity index (χ0) is 20.6. The Kier molecular flexibility index (Phi) is 5.97. The zero-order valence-corrected chi connectivity index (χ0v) is 16.3. The molecule has 4 rings (SSSR count). The van der Waals surface area contributed by atoms with Gasteiger partial charge in [0, 0.05) is 17.4 Å². The first kappa shape index (κ1) is 19.2. The molecule has 0 bridgehead atoms. The summed E-state index contributed by atoms with van der Waals surface area (Å²) in [5.74, 6) is 0. The summed E-state index contributed by atoms with van der Waals surface area (Å²) in [6.45, 7) is 0. The molecule has 0 saturated heterocycles. The Morgan fingerprint density at radius 3 is 1.73 bits per heavy atom. The number of rotatable bonds is 2. The molecule has 0 atom stereocenters. The maximum Gasteiger partial charge on any atom is 0.260 e. The number of fused-ring (bicyclic) bond motifs is 1. The molecule has 0 aliphatic rings. The molecule has 0 fully saturated rings. The predicted octanol–water partition coefficient (Wildman–Crippen LogP) is 5.63. The van der Waals surface area contributed by atoms with Crippen LogP contribution in [0.4, 0.5) is 0 Å². The van der Waals surface area contributed by atoms with Crippen LogP contribution in [-0.4, -0.2) is 14.5 Å². The van der Waals surface area contributed by atoms with E-state index in [2.05, 4.69) is 9.97 Å². The molecule has 0 amide bonds. The van der Waals surface area contributed by atoms with Crippen LogP contribution >= 0.6 is 0 Å². The molecule has 0 radical (unpaired) electrons. The second-order valence-corrected chi connectivity index (χ2v) is 6.58. The average Bonchev–Trinajstić information content (AvgIpc) is 3.16. The molecule has 2 aromatic heterocycles. The van der Waals surface area contributed by atoms with Gasteiger partial charge in [0.25, 0.3) is 5.56 Å². The fraction of sp³-hybridized carbons (Fsp3) is 0. The van der Waals surface area contributed by atoms with E-state index in [9.17, 15) is 4.79 Å². The van der Waals surface area contributed by atoms with Crippen LogP contribution in [0.25, 0.3) is 27.8 Å². The largest absolute Gasteiger partial charge is 0.312 e. The molecule has 146 valence electrons. The summed E-state index contributed by atoms with van der Waals surface area (Å²) in [5, 5.41) is 0.559. The first-order valence-electron chi connectivity index (χ1n) is 9.71. The zero-order valence-electron chi connectivity index (χ0n) is 16.3. The highest BCUT2D eigenvalue weighted by Gasteiger charge is 2.14. The molecule has 0 spiro atoms. The van der Waals surface area contributed by atoms with Gasteiger partial charge in [0.2, 0.25) is 0 Å². The molecule has 0 aliphatic heterocycles. The summed E-state index contributed by atoms with van der Waals surface area (Å²) in [7, 11) is 0. The Hall–Kier alpha value is -4.18. The number of hydrogen-bond acceptors (Lipinski definition) is 2. The number of H-pyrrole nitrogens is 1. The van der Waals surface area contributed by atoms with Gasteiger partial charge in [-0.05, 0) is 17.7 Å². The Bertz CT molecular complexity index is 1290. The van der Waals surface area contributed by atoms with Gasteiger partial charge in [0.15, 0.2) is 5.65 Å². The lowest BCUT2D eigenvalue weighted by Gasteiger charge is -2.02. The van der Waals surface area contributed by atoms with E-state index in [1.54, 1.807) is 0 Å². The lowest BCUT2D eigenvalue weighted by atomic mass is 10.1. The highest BCUT2D eigenvalue weighted by Crippen LogP contribution is 2.28. The summed E-state index contributed by atoms with van der Waals surface area (Å²) in [5.41, 5.74) is 3.10. The normalized spacial score (nSPS) is 10.1. The van der Waals surface area contributed by atoms with Crippen LogP contribution in [0.5, 0.6) is 0 Å². The molecule has 2 heterocycles. The van der Waals surface area contributed by atoms with E-state index < -0.39 is 0 Å². The molecule has 0 unspecified atom stereocenters. The van der Waals surface area contributed by atoms with E-state index in [0.29, 0.717) is 11.0 Å². The Morgan fingerprint density at radius 1 is 0.667 bits per heavy atom. The minimum Gasteiger partial charge on any atom is -0.312 e. The lowest BCUT2D eigenvalue weighted by Crippen LogP contribution is -2.06. The van der Waals surface area contributed by atoms with Crippen molar-refractivity contribution in [3.63, 3.8) is 0 Å². The number of hydrogen-bond donors (Lipinski definition) is 1. The summed E-state index contributed by atoms with van der Waals surface area (Å²) in [6.07, 6.45) is 3.41. The summed E-state index contributed by atoms with van der Waals surface area (Å²) < 4.78 is 1.95. The fourth-order valence-corrected chi connectivity index (χ4v) is 3.21. The number of nitrogens with one attached hydrogen (secondary N) is 1. The van der Waals surface area contributed by atoms with E-state index in [0.717, 1.165) is 16.8 Å². The Morgan fingerprint density at radius 2 is 1.17 bits per heavy atom. The number of nitrogens with zero attached hydrogens (tertiary/aromatic N) is 2. The van der Waals surface area contributed by atoms with E-state index in [1.807, 2.05) is 120 Å². The summed E-state index contributed by atoms with van der Waals surface area (Å²) in [6, 6.07) is 35.5. The van der Waals surface area contributed by atoms with Crippen LogP contribution in [0.3, 0.4) is 0 Å². The van der Waals surface area contributed by atoms with Gasteiger partial charge in [-0.1, -0.05) is 97.1 Å². The van der Waals surface area contributed by atoms with E-state index in [4.69, 9.17) is 0 Å². The molecular weight excluding hydrogens is 370 g/mol. The van der Waals surface area contributed by atoms with Crippen molar-refractivity contribution >= 4 is 11.0 Å². The highest BCUT2D eigenvalue weighted by molar-refractivity contribution is 5.94. The molecule has 4 nitrogen and oxygen atoms in total. The minimum absolute atomic E-state index is 0.164. The maximum atomic E-state index is 12.8. The maximum absolute atomic E-state index is 12.8. The first-order chi connectivity index (χ1) is 14.8. The van der Waals surface area contributed by atoms with Gasteiger partial charge < -0.3 is 9.55 Å². The van der Waals surface area contributed by atoms with Crippen LogP contribution in [0.2, 0.25) is 0 Å². The monoisotopic (exact) mass is 391 g/mol. The first-order valence-corrected chi connectivity index (χ1v) is 9.71. The average molecular weight is 391 g/mol. The number of aromatic nitrogens is 3. The third-order valence-electron chi connectivity index (χ3n) is 4.60. The smallest absolute Gasteiger partial charge is 0.260 e. The second kappa shape index (κ2) is 9.34. The van der Waals surface area contributed by atoms with Gasteiger partial charge in [0.05, 0.1) is 11.7 Å². The topological polar surface area (TPSA) is 50.7 Å². The standard InChI is InChI=1S/C26H21N3O/c30-26-24-23(21-15-11-7-3-1-4-8-12-16-21)19-29(25(24)27-20-28-26)22-17-13-9-5-2-6-10-14-18-22/h1-20H,(H,27,28,30).